The van der Waals surface area contributed by atoms with Crippen LogP contribution in [-0.2, 0) is 6.54 Å². The van der Waals surface area contributed by atoms with Crippen molar-refractivity contribution in [2.75, 3.05) is 0 Å². The zero-order valence-electron chi connectivity index (χ0n) is 31.9. The van der Waals surface area contributed by atoms with E-state index in [1.54, 1.807) is 66.9 Å². The number of amidine groups is 1. The molecule has 9 rings (SSSR count). The number of para-hydroxylation sites is 2. The van der Waals surface area contributed by atoms with E-state index in [2.05, 4.69) is 4.99 Å². The lowest BCUT2D eigenvalue weighted by atomic mass is 10.0. The summed E-state index contributed by atoms with van der Waals surface area (Å²) < 4.78 is 72.1. The third-order valence-electron chi connectivity index (χ3n) is 9.71. The van der Waals surface area contributed by atoms with E-state index in [9.17, 15) is 22.0 Å². The number of fused-ring (bicyclic) bond motifs is 1. The van der Waals surface area contributed by atoms with Gasteiger partial charge in [0.25, 0.3) is 0 Å². The van der Waals surface area contributed by atoms with Gasteiger partial charge in [-0.15, -0.1) is 0 Å². The predicted octanol–water partition coefficient (Wildman–Crippen LogP) is 11.6. The Labute approximate surface area is 346 Å². The van der Waals surface area contributed by atoms with Crippen LogP contribution in [0.4, 0.5) is 22.0 Å². The second-order valence-electron chi connectivity index (χ2n) is 13.9. The number of aromatic nitrogens is 5. The van der Waals surface area contributed by atoms with Gasteiger partial charge in [-0.2, -0.15) is 0 Å². The van der Waals surface area contributed by atoms with E-state index >= 15 is 0 Å². The maximum Gasteiger partial charge on any atom is 0.164 e. The van der Waals surface area contributed by atoms with Gasteiger partial charge in [0.05, 0.1) is 17.6 Å². The van der Waals surface area contributed by atoms with Gasteiger partial charge in [-0.1, -0.05) is 24.3 Å². The third kappa shape index (κ3) is 8.60. The minimum Gasteiger partial charge on any atom is -0.292 e. The SMILES string of the molecule is Fc1ccc(C=NC(=NCc2cc(-c3nc(-c4ccc(F)cc4)nc(-c4ccc(F)cc4)n3)cc(-c3nc4ccccc4n3-c3ccc(F)cc3)c2)c2ccc(F)cc2)cc1. The van der Waals surface area contributed by atoms with Crippen molar-refractivity contribution in [2.45, 2.75) is 6.54 Å². The fraction of sp³-hybridized carbons (Fsp3) is 0.0204. The van der Waals surface area contributed by atoms with Crippen LogP contribution in [0.3, 0.4) is 0 Å². The van der Waals surface area contributed by atoms with Gasteiger partial charge >= 0.3 is 0 Å². The Bertz CT molecular complexity index is 3010. The van der Waals surface area contributed by atoms with Crippen LogP contribution in [0, 0.1) is 29.1 Å². The van der Waals surface area contributed by atoms with Crippen molar-refractivity contribution in [1.82, 2.24) is 24.5 Å². The second-order valence-corrected chi connectivity index (χ2v) is 13.9. The lowest BCUT2D eigenvalue weighted by Crippen LogP contribution is -2.03. The van der Waals surface area contributed by atoms with Crippen LogP contribution >= 0.6 is 0 Å². The summed E-state index contributed by atoms with van der Waals surface area (Å²) in [4.78, 5) is 29.0. The van der Waals surface area contributed by atoms with E-state index in [4.69, 9.17) is 24.9 Å². The summed E-state index contributed by atoms with van der Waals surface area (Å²) >= 11 is 0. The molecule has 0 unspecified atom stereocenters. The van der Waals surface area contributed by atoms with Crippen LogP contribution in [0.15, 0.2) is 174 Å². The molecule has 296 valence electrons. The Morgan fingerprint density at radius 1 is 0.492 bits per heavy atom. The third-order valence-corrected chi connectivity index (χ3v) is 9.71. The molecule has 0 fully saturated rings. The Hall–Kier alpha value is -7.99. The highest BCUT2D eigenvalue weighted by Gasteiger charge is 2.19. The number of imidazole rings is 1. The molecule has 0 aliphatic carbocycles. The number of hydrogen-bond donors (Lipinski definition) is 0. The van der Waals surface area contributed by atoms with Crippen molar-refractivity contribution in [1.29, 1.82) is 0 Å². The Kier molecular flexibility index (Phi) is 10.5. The van der Waals surface area contributed by atoms with E-state index in [1.807, 2.05) is 47.0 Å². The molecule has 2 aromatic heterocycles. The highest BCUT2D eigenvalue weighted by atomic mass is 19.1. The standard InChI is InChI=1S/C49H30F5N7/c50-37-13-5-30(6-14-37)28-55-45(32-7-15-38(51)16-8-32)56-29-31-25-35(27-36(26-31)49-57-43-3-1-2-4-44(43)61(49)42-23-21-41(54)22-24-42)48-59-46(33-9-17-39(52)18-10-33)58-47(60-48)34-11-19-40(53)20-12-34/h1-28H,29H2. The zero-order chi connectivity index (χ0) is 41.9. The molecule has 0 spiro atoms. The molecule has 0 N–H and O–H groups in total. The van der Waals surface area contributed by atoms with E-state index in [1.165, 1.54) is 60.7 Å². The number of aliphatic imine (C=N–C) groups is 2. The molecule has 61 heavy (non-hydrogen) atoms. The first-order valence-electron chi connectivity index (χ1n) is 19.0. The first-order chi connectivity index (χ1) is 29.7. The lowest BCUT2D eigenvalue weighted by Gasteiger charge is -2.13. The fourth-order valence-electron chi connectivity index (χ4n) is 6.73. The minimum absolute atomic E-state index is 0.0613. The van der Waals surface area contributed by atoms with Crippen LogP contribution in [0.5, 0.6) is 0 Å². The summed E-state index contributed by atoms with van der Waals surface area (Å²) in [6.07, 6.45) is 1.55. The zero-order valence-corrected chi connectivity index (χ0v) is 31.9. The van der Waals surface area contributed by atoms with Crippen LogP contribution in [0.1, 0.15) is 16.7 Å². The quantitative estimate of drug-likeness (QED) is 0.0826. The van der Waals surface area contributed by atoms with Gasteiger partial charge in [-0.05, 0) is 151 Å². The Morgan fingerprint density at radius 2 is 0.984 bits per heavy atom. The van der Waals surface area contributed by atoms with Crippen LogP contribution in [0.2, 0.25) is 0 Å². The highest BCUT2D eigenvalue weighted by molar-refractivity contribution is 6.05. The highest BCUT2D eigenvalue weighted by Crippen LogP contribution is 2.34. The molecule has 12 heteroatoms. The molecule has 7 aromatic carbocycles. The lowest BCUT2D eigenvalue weighted by molar-refractivity contribution is 0.627. The maximum atomic E-state index is 14.2. The predicted molar refractivity (Wildman–Crippen MR) is 227 cm³/mol. The molecule has 9 aromatic rings. The topological polar surface area (TPSA) is 81.2 Å². The number of hydrogen-bond acceptors (Lipinski definition) is 5. The summed E-state index contributed by atoms with van der Waals surface area (Å²) in [5.41, 5.74) is 6.20. The van der Waals surface area contributed by atoms with Gasteiger partial charge in [0, 0.05) is 39.7 Å². The smallest absolute Gasteiger partial charge is 0.164 e. The normalized spacial score (nSPS) is 11.8. The second kappa shape index (κ2) is 16.7. The largest absolute Gasteiger partial charge is 0.292 e. The van der Waals surface area contributed by atoms with E-state index < -0.39 is 17.5 Å². The molecule has 0 radical (unpaired) electrons. The van der Waals surface area contributed by atoms with Gasteiger partial charge in [0.15, 0.2) is 23.3 Å². The molecule has 0 saturated carbocycles. The summed E-state index contributed by atoms with van der Waals surface area (Å²) in [5, 5.41) is 0. The van der Waals surface area contributed by atoms with Crippen molar-refractivity contribution >= 4 is 23.1 Å². The van der Waals surface area contributed by atoms with Crippen LogP contribution < -0.4 is 0 Å². The summed E-state index contributed by atoms with van der Waals surface area (Å²) in [5.74, 6) is -0.500. The Morgan fingerprint density at radius 3 is 1.57 bits per heavy atom. The number of rotatable bonds is 9. The van der Waals surface area contributed by atoms with Crippen molar-refractivity contribution < 1.29 is 22.0 Å². The van der Waals surface area contributed by atoms with Crippen molar-refractivity contribution in [3.05, 3.63) is 210 Å². The molecular formula is C49H30F5N7. The number of halogens is 5. The van der Waals surface area contributed by atoms with Gasteiger partial charge < -0.3 is 0 Å². The molecule has 0 bridgehead atoms. The van der Waals surface area contributed by atoms with E-state index in [-0.39, 0.29) is 41.5 Å². The molecule has 0 saturated heterocycles. The summed E-state index contributed by atoms with van der Waals surface area (Å²) in [6.45, 7) is 0.0613. The van der Waals surface area contributed by atoms with Gasteiger partial charge in [0.1, 0.15) is 34.9 Å². The number of benzene rings is 7. The first kappa shape index (κ1) is 38.5. The average molecular weight is 812 g/mol. The van der Waals surface area contributed by atoms with Crippen LogP contribution in [0.25, 0.3) is 62.3 Å². The molecule has 0 atom stereocenters. The molecule has 0 aliphatic rings. The molecular weight excluding hydrogens is 782 g/mol. The average Bonchev–Trinajstić information content (AvgIpc) is 3.68. The summed E-state index contributed by atoms with van der Waals surface area (Å²) in [7, 11) is 0. The van der Waals surface area contributed by atoms with Gasteiger partial charge in [-0.3, -0.25) is 9.56 Å². The summed E-state index contributed by atoms with van der Waals surface area (Å²) in [6, 6.07) is 42.4. The Balaban J connectivity index is 1.24. The van der Waals surface area contributed by atoms with Gasteiger partial charge in [-0.25, -0.2) is 46.9 Å². The fourth-order valence-corrected chi connectivity index (χ4v) is 6.73. The van der Waals surface area contributed by atoms with Crippen molar-refractivity contribution in [2.24, 2.45) is 9.98 Å². The van der Waals surface area contributed by atoms with E-state index in [0.717, 1.165) is 5.52 Å². The molecule has 0 amide bonds. The minimum atomic E-state index is -0.430. The molecule has 0 aliphatic heterocycles. The van der Waals surface area contributed by atoms with E-state index in [0.29, 0.717) is 56.0 Å². The number of nitrogens with zero attached hydrogens (tertiary/aromatic N) is 7. The molecule has 2 heterocycles. The van der Waals surface area contributed by atoms with Crippen molar-refractivity contribution in [3.63, 3.8) is 0 Å². The monoisotopic (exact) mass is 811 g/mol. The van der Waals surface area contributed by atoms with Gasteiger partial charge in [0.2, 0.25) is 0 Å². The van der Waals surface area contributed by atoms with Crippen LogP contribution in [-0.4, -0.2) is 36.6 Å². The maximum absolute atomic E-state index is 14.2. The first-order valence-corrected chi connectivity index (χ1v) is 19.0. The molecule has 7 nitrogen and oxygen atoms in total. The van der Waals surface area contributed by atoms with Crippen molar-refractivity contribution in [3.8, 4) is 51.2 Å².